The van der Waals surface area contributed by atoms with Gasteiger partial charge in [-0.15, -0.1) is 0 Å². The fraction of sp³-hybridized carbons (Fsp3) is 0.591. The molecule has 1 N–H and O–H groups in total. The highest BCUT2D eigenvalue weighted by Crippen LogP contribution is 2.29. The van der Waals surface area contributed by atoms with Crippen LogP contribution in [0.4, 0.5) is 5.69 Å². The molecular formula is C22H30N2O5. The molecule has 0 aromatic heterocycles. The van der Waals surface area contributed by atoms with Crippen LogP contribution in [0.15, 0.2) is 24.3 Å². The molecule has 1 aliphatic heterocycles. The maximum absolute atomic E-state index is 12.3. The van der Waals surface area contributed by atoms with Crippen molar-refractivity contribution in [2.45, 2.75) is 51.0 Å². The molecule has 3 rings (SSSR count). The van der Waals surface area contributed by atoms with Gasteiger partial charge in [0.1, 0.15) is 5.54 Å². The smallest absolute Gasteiger partial charge is 0.338 e. The number of benzene rings is 1. The average molecular weight is 402 g/mol. The van der Waals surface area contributed by atoms with Crippen LogP contribution >= 0.6 is 0 Å². The number of nitrogens with zero attached hydrogens (tertiary/aromatic N) is 1. The topological polar surface area (TPSA) is 84.9 Å². The van der Waals surface area contributed by atoms with E-state index in [-0.39, 0.29) is 0 Å². The van der Waals surface area contributed by atoms with Crippen molar-refractivity contribution in [2.24, 2.45) is 5.92 Å². The Morgan fingerprint density at radius 3 is 2.41 bits per heavy atom. The summed E-state index contributed by atoms with van der Waals surface area (Å²) in [6.45, 7) is 3.84. The second kappa shape index (κ2) is 9.29. The maximum atomic E-state index is 12.3. The predicted octanol–water partition coefficient (Wildman–Crippen LogP) is 2.68. The Bertz CT molecular complexity index is 740. The normalized spacial score (nSPS) is 20.8. The van der Waals surface area contributed by atoms with E-state index >= 15 is 0 Å². The molecule has 0 bridgehead atoms. The van der Waals surface area contributed by atoms with Crippen molar-refractivity contribution in [1.29, 1.82) is 0 Å². The summed E-state index contributed by atoms with van der Waals surface area (Å²) in [6.07, 6.45) is 4.96. The third-order valence-electron chi connectivity index (χ3n) is 5.89. The van der Waals surface area contributed by atoms with Crippen molar-refractivity contribution in [3.8, 4) is 0 Å². The highest BCUT2D eigenvalue weighted by atomic mass is 16.5. The minimum atomic E-state index is -1.01. The highest BCUT2D eigenvalue weighted by Gasteiger charge is 2.42. The van der Waals surface area contributed by atoms with Gasteiger partial charge >= 0.3 is 11.9 Å². The Balaban J connectivity index is 1.53. The molecular weight excluding hydrogens is 372 g/mol. The van der Waals surface area contributed by atoms with E-state index in [1.54, 1.807) is 12.1 Å². The number of hydrogen-bond acceptors (Lipinski definition) is 6. The summed E-state index contributed by atoms with van der Waals surface area (Å²) < 4.78 is 10.0. The van der Waals surface area contributed by atoms with Crippen LogP contribution in [-0.4, -0.2) is 50.2 Å². The van der Waals surface area contributed by atoms with Crippen LogP contribution in [-0.2, 0) is 19.1 Å². The van der Waals surface area contributed by atoms with E-state index in [0.29, 0.717) is 24.3 Å². The minimum absolute atomic E-state index is 0.397. The van der Waals surface area contributed by atoms with Crippen LogP contribution in [0.1, 0.15) is 55.8 Å². The van der Waals surface area contributed by atoms with Crippen molar-refractivity contribution < 1.29 is 23.9 Å². The van der Waals surface area contributed by atoms with Gasteiger partial charge in [0.15, 0.2) is 6.61 Å². The Hall–Kier alpha value is -2.57. The summed E-state index contributed by atoms with van der Waals surface area (Å²) in [4.78, 5) is 39.1. The molecule has 1 unspecified atom stereocenters. The molecule has 2 aliphatic rings. The third-order valence-corrected chi connectivity index (χ3v) is 5.89. The quantitative estimate of drug-likeness (QED) is 0.737. The summed E-state index contributed by atoms with van der Waals surface area (Å²) in [6, 6.07) is 7.25. The van der Waals surface area contributed by atoms with E-state index in [9.17, 15) is 14.4 Å². The van der Waals surface area contributed by atoms with Crippen molar-refractivity contribution in [3.63, 3.8) is 0 Å². The molecule has 158 valence electrons. The summed E-state index contributed by atoms with van der Waals surface area (Å²) in [5.74, 6) is -0.815. The first-order chi connectivity index (χ1) is 13.9. The van der Waals surface area contributed by atoms with E-state index in [1.165, 1.54) is 13.5 Å². The number of carbonyl (C=O) groups excluding carboxylic acids is 3. The molecule has 1 aliphatic carbocycles. The van der Waals surface area contributed by atoms with Gasteiger partial charge in [0.25, 0.3) is 5.91 Å². The number of amides is 1. The molecule has 1 saturated heterocycles. The van der Waals surface area contributed by atoms with Gasteiger partial charge in [0, 0.05) is 18.8 Å². The lowest BCUT2D eigenvalue weighted by atomic mass is 9.81. The molecule has 7 nitrogen and oxygen atoms in total. The van der Waals surface area contributed by atoms with Crippen LogP contribution < -0.4 is 10.2 Å². The second-order valence-corrected chi connectivity index (χ2v) is 8.15. The summed E-state index contributed by atoms with van der Waals surface area (Å²) in [7, 11) is 1.32. The monoisotopic (exact) mass is 402 g/mol. The Morgan fingerprint density at radius 2 is 1.83 bits per heavy atom. The lowest BCUT2D eigenvalue weighted by molar-refractivity contribution is -0.153. The van der Waals surface area contributed by atoms with Gasteiger partial charge < -0.3 is 19.7 Å². The number of carbonyl (C=O) groups is 3. The number of hydrogen-bond donors (Lipinski definition) is 1. The van der Waals surface area contributed by atoms with Crippen LogP contribution in [0.25, 0.3) is 0 Å². The molecule has 1 amide bonds. The zero-order valence-electron chi connectivity index (χ0n) is 17.2. The first kappa shape index (κ1) is 21.1. The fourth-order valence-electron chi connectivity index (χ4n) is 4.23. The van der Waals surface area contributed by atoms with Gasteiger partial charge in [-0.3, -0.25) is 4.79 Å². The molecule has 0 spiro atoms. The summed E-state index contributed by atoms with van der Waals surface area (Å²) in [5, 5.41) is 2.74. The molecule has 1 heterocycles. The second-order valence-electron chi connectivity index (χ2n) is 8.15. The lowest BCUT2D eigenvalue weighted by Crippen LogP contribution is -2.57. The third kappa shape index (κ3) is 5.08. The molecule has 7 heteroatoms. The van der Waals surface area contributed by atoms with Crippen molar-refractivity contribution in [3.05, 3.63) is 29.8 Å². The van der Waals surface area contributed by atoms with E-state index in [2.05, 4.69) is 17.1 Å². The average Bonchev–Trinajstić information content (AvgIpc) is 3.18. The minimum Gasteiger partial charge on any atom is -0.467 e. The predicted molar refractivity (Wildman–Crippen MR) is 109 cm³/mol. The Labute approximate surface area is 171 Å². The zero-order valence-corrected chi connectivity index (χ0v) is 17.2. The number of esters is 2. The van der Waals surface area contributed by atoms with Gasteiger partial charge in [0.05, 0.1) is 12.7 Å². The lowest BCUT2D eigenvalue weighted by Gasteiger charge is -2.35. The first-order valence-corrected chi connectivity index (χ1v) is 10.3. The van der Waals surface area contributed by atoms with Crippen LogP contribution in [0, 0.1) is 5.92 Å². The molecule has 1 aromatic carbocycles. The van der Waals surface area contributed by atoms with Gasteiger partial charge in [-0.25, -0.2) is 9.59 Å². The molecule has 1 aromatic rings. The van der Waals surface area contributed by atoms with Gasteiger partial charge in [-0.1, -0.05) is 26.2 Å². The number of anilines is 1. The Kier molecular flexibility index (Phi) is 6.77. The number of rotatable bonds is 6. The van der Waals surface area contributed by atoms with E-state index in [0.717, 1.165) is 38.0 Å². The van der Waals surface area contributed by atoms with E-state index < -0.39 is 30.0 Å². The maximum Gasteiger partial charge on any atom is 0.338 e. The number of methoxy groups -OCH3 is 1. The van der Waals surface area contributed by atoms with Crippen molar-refractivity contribution in [2.75, 3.05) is 31.7 Å². The first-order valence-electron chi connectivity index (χ1n) is 10.3. The highest BCUT2D eigenvalue weighted by molar-refractivity contribution is 5.93. The SMILES string of the molecule is COC(=O)C1(NC(=O)COC(=O)c2ccc(N3CCC(C)C3)cc2)CCCCC1. The van der Waals surface area contributed by atoms with Crippen molar-refractivity contribution >= 4 is 23.5 Å². The van der Waals surface area contributed by atoms with Crippen molar-refractivity contribution in [1.82, 2.24) is 5.32 Å². The zero-order chi connectivity index (χ0) is 20.9. The molecule has 1 atom stereocenters. The van der Waals surface area contributed by atoms with Gasteiger partial charge in [-0.05, 0) is 49.4 Å². The van der Waals surface area contributed by atoms with E-state index in [1.807, 2.05) is 12.1 Å². The largest absolute Gasteiger partial charge is 0.467 e. The van der Waals surface area contributed by atoms with E-state index in [4.69, 9.17) is 9.47 Å². The molecule has 29 heavy (non-hydrogen) atoms. The molecule has 0 radical (unpaired) electrons. The van der Waals surface area contributed by atoms with Crippen LogP contribution in [0.3, 0.4) is 0 Å². The number of ether oxygens (including phenoxy) is 2. The summed E-state index contributed by atoms with van der Waals surface area (Å²) in [5.41, 5.74) is 0.473. The van der Waals surface area contributed by atoms with Gasteiger partial charge in [0.2, 0.25) is 0 Å². The number of nitrogens with one attached hydrogen (secondary N) is 1. The molecule has 2 fully saturated rings. The van der Waals surface area contributed by atoms with Crippen LogP contribution in [0.5, 0.6) is 0 Å². The molecule has 1 saturated carbocycles. The fourth-order valence-corrected chi connectivity index (χ4v) is 4.23. The van der Waals surface area contributed by atoms with Crippen LogP contribution in [0.2, 0.25) is 0 Å². The van der Waals surface area contributed by atoms with Gasteiger partial charge in [-0.2, -0.15) is 0 Å². The summed E-state index contributed by atoms with van der Waals surface area (Å²) >= 11 is 0. The Morgan fingerprint density at radius 1 is 1.14 bits per heavy atom. The standard InChI is InChI=1S/C22H30N2O5/c1-16-10-13-24(14-16)18-8-6-17(7-9-18)20(26)29-15-19(25)23-22(21(27)28-2)11-4-3-5-12-22/h6-9,16H,3-5,10-15H2,1-2H3,(H,23,25).